The molecule has 1 unspecified atom stereocenters. The lowest BCUT2D eigenvalue weighted by Crippen LogP contribution is -2.43. The van der Waals surface area contributed by atoms with Gasteiger partial charge in [0.1, 0.15) is 0 Å². The van der Waals surface area contributed by atoms with Gasteiger partial charge in [0.25, 0.3) is 0 Å². The van der Waals surface area contributed by atoms with Gasteiger partial charge in [0.2, 0.25) is 0 Å². The predicted molar refractivity (Wildman–Crippen MR) is 80.6 cm³/mol. The van der Waals surface area contributed by atoms with Crippen LogP contribution in [0.25, 0.3) is 0 Å². The molecule has 3 rings (SSSR count). The van der Waals surface area contributed by atoms with Crippen molar-refractivity contribution < 1.29 is 0 Å². The van der Waals surface area contributed by atoms with E-state index in [2.05, 4.69) is 48.5 Å². The Hall–Kier alpha value is -0.860. The standard InChI is InChI=1S/C17H26N2/c1-17(7-9-19(2)10-8-17)13-18-12-15-11-14-5-3-4-6-16(14)15/h3-6,15,18H,7-13H2,1-2H3. The molecule has 2 heteroatoms. The van der Waals surface area contributed by atoms with Crippen LogP contribution in [-0.2, 0) is 6.42 Å². The third-order valence-corrected chi connectivity index (χ3v) is 5.10. The molecule has 1 N–H and O–H groups in total. The second-order valence-electron chi connectivity index (χ2n) is 6.84. The lowest BCUT2D eigenvalue weighted by Gasteiger charge is -2.39. The van der Waals surface area contributed by atoms with Crippen molar-refractivity contribution in [1.82, 2.24) is 10.2 Å². The van der Waals surface area contributed by atoms with Gasteiger partial charge in [-0.3, -0.25) is 0 Å². The van der Waals surface area contributed by atoms with Crippen LogP contribution in [0.15, 0.2) is 24.3 Å². The molecule has 1 aromatic rings. The lowest BCUT2D eigenvalue weighted by molar-refractivity contribution is 0.136. The van der Waals surface area contributed by atoms with Crippen LogP contribution in [0, 0.1) is 5.41 Å². The lowest BCUT2D eigenvalue weighted by atomic mass is 9.77. The molecule has 0 spiro atoms. The first-order valence-electron chi connectivity index (χ1n) is 7.63. The van der Waals surface area contributed by atoms with E-state index in [1.54, 1.807) is 11.1 Å². The maximum atomic E-state index is 3.73. The largest absolute Gasteiger partial charge is 0.316 e. The Morgan fingerprint density at radius 2 is 2.00 bits per heavy atom. The van der Waals surface area contributed by atoms with Crippen molar-refractivity contribution in [2.45, 2.75) is 32.1 Å². The van der Waals surface area contributed by atoms with E-state index >= 15 is 0 Å². The molecule has 0 aromatic heterocycles. The average Bonchev–Trinajstić information content (AvgIpc) is 2.39. The zero-order chi connectivity index (χ0) is 13.3. The number of hydrogen-bond donors (Lipinski definition) is 1. The predicted octanol–water partition coefficient (Wildman–Crippen LogP) is 2.65. The molecule has 0 saturated carbocycles. The van der Waals surface area contributed by atoms with Gasteiger partial charge in [-0.1, -0.05) is 31.2 Å². The number of nitrogens with one attached hydrogen (secondary N) is 1. The molecule has 104 valence electrons. The molecule has 1 heterocycles. The second kappa shape index (κ2) is 5.26. The summed E-state index contributed by atoms with van der Waals surface area (Å²) in [5.74, 6) is 0.756. The van der Waals surface area contributed by atoms with E-state index in [-0.39, 0.29) is 0 Å². The molecule has 0 bridgehead atoms. The van der Waals surface area contributed by atoms with E-state index in [0.717, 1.165) is 12.5 Å². The minimum Gasteiger partial charge on any atom is -0.316 e. The topological polar surface area (TPSA) is 15.3 Å². The van der Waals surface area contributed by atoms with Crippen molar-refractivity contribution in [3.05, 3.63) is 35.4 Å². The van der Waals surface area contributed by atoms with E-state index in [9.17, 15) is 0 Å². The fourth-order valence-electron chi connectivity index (χ4n) is 3.43. The highest BCUT2D eigenvalue weighted by Crippen LogP contribution is 2.34. The Morgan fingerprint density at radius 3 is 2.74 bits per heavy atom. The number of piperidine rings is 1. The number of nitrogens with zero attached hydrogens (tertiary/aromatic N) is 1. The molecule has 1 saturated heterocycles. The van der Waals surface area contributed by atoms with Crippen LogP contribution >= 0.6 is 0 Å². The number of hydrogen-bond acceptors (Lipinski definition) is 2. The number of rotatable bonds is 4. The molecule has 1 fully saturated rings. The maximum absolute atomic E-state index is 3.73. The molecule has 2 nitrogen and oxygen atoms in total. The summed E-state index contributed by atoms with van der Waals surface area (Å²) in [6, 6.07) is 8.89. The highest BCUT2D eigenvalue weighted by molar-refractivity contribution is 5.40. The first kappa shape index (κ1) is 13.1. The van der Waals surface area contributed by atoms with Crippen LogP contribution in [0.1, 0.15) is 36.8 Å². The van der Waals surface area contributed by atoms with Crippen molar-refractivity contribution in [1.29, 1.82) is 0 Å². The van der Waals surface area contributed by atoms with Crippen LogP contribution in [0.5, 0.6) is 0 Å². The Morgan fingerprint density at radius 1 is 1.26 bits per heavy atom. The molecular formula is C17H26N2. The number of benzene rings is 1. The summed E-state index contributed by atoms with van der Waals surface area (Å²) in [4.78, 5) is 2.45. The molecule has 1 aliphatic heterocycles. The van der Waals surface area contributed by atoms with Gasteiger partial charge < -0.3 is 10.2 Å². The fraction of sp³-hybridized carbons (Fsp3) is 0.647. The molecular weight excluding hydrogens is 232 g/mol. The van der Waals surface area contributed by atoms with Gasteiger partial charge >= 0.3 is 0 Å². The smallest absolute Gasteiger partial charge is 0.00236 e. The van der Waals surface area contributed by atoms with Crippen molar-refractivity contribution >= 4 is 0 Å². The monoisotopic (exact) mass is 258 g/mol. The molecule has 0 amide bonds. The van der Waals surface area contributed by atoms with Gasteiger partial charge in [0.15, 0.2) is 0 Å². The Labute approximate surface area is 117 Å². The summed E-state index contributed by atoms with van der Waals surface area (Å²) in [5, 5.41) is 3.73. The fourth-order valence-corrected chi connectivity index (χ4v) is 3.43. The molecule has 1 aromatic carbocycles. The van der Waals surface area contributed by atoms with Crippen LogP contribution in [-0.4, -0.2) is 38.1 Å². The van der Waals surface area contributed by atoms with Gasteiger partial charge in [-0.15, -0.1) is 0 Å². The minimum absolute atomic E-state index is 0.510. The summed E-state index contributed by atoms with van der Waals surface area (Å²) >= 11 is 0. The highest BCUT2D eigenvalue weighted by Gasteiger charge is 2.30. The SMILES string of the molecule is CN1CCC(C)(CNCC2Cc3ccccc32)CC1. The van der Waals surface area contributed by atoms with E-state index in [0.29, 0.717) is 5.41 Å². The Bertz CT molecular complexity index is 433. The van der Waals surface area contributed by atoms with Crippen molar-refractivity contribution in [3.8, 4) is 0 Å². The molecule has 1 aliphatic carbocycles. The Balaban J connectivity index is 1.45. The zero-order valence-electron chi connectivity index (χ0n) is 12.3. The Kier molecular flexibility index (Phi) is 3.64. The number of likely N-dealkylation sites (tertiary alicyclic amines) is 1. The highest BCUT2D eigenvalue weighted by atomic mass is 15.1. The van der Waals surface area contributed by atoms with Gasteiger partial charge in [-0.25, -0.2) is 0 Å². The van der Waals surface area contributed by atoms with Crippen molar-refractivity contribution in [2.24, 2.45) is 5.41 Å². The van der Waals surface area contributed by atoms with Crippen molar-refractivity contribution in [2.75, 3.05) is 33.2 Å². The maximum Gasteiger partial charge on any atom is 0.00236 e. The summed E-state index contributed by atoms with van der Waals surface area (Å²) in [7, 11) is 2.23. The molecule has 2 aliphatic rings. The third kappa shape index (κ3) is 2.85. The number of fused-ring (bicyclic) bond motifs is 1. The van der Waals surface area contributed by atoms with Crippen molar-refractivity contribution in [3.63, 3.8) is 0 Å². The third-order valence-electron chi connectivity index (χ3n) is 5.10. The summed E-state index contributed by atoms with van der Waals surface area (Å²) in [5.41, 5.74) is 3.64. The first-order chi connectivity index (χ1) is 9.16. The zero-order valence-corrected chi connectivity index (χ0v) is 12.3. The van der Waals surface area contributed by atoms with Gasteiger partial charge in [-0.2, -0.15) is 0 Å². The van der Waals surface area contributed by atoms with E-state index in [1.807, 2.05) is 0 Å². The minimum atomic E-state index is 0.510. The van der Waals surface area contributed by atoms with Crippen LogP contribution in [0.3, 0.4) is 0 Å². The van der Waals surface area contributed by atoms with Crippen LogP contribution in [0.4, 0.5) is 0 Å². The molecule has 19 heavy (non-hydrogen) atoms. The molecule has 0 radical (unpaired) electrons. The quantitative estimate of drug-likeness (QED) is 0.893. The van der Waals surface area contributed by atoms with Crippen LogP contribution < -0.4 is 5.32 Å². The second-order valence-corrected chi connectivity index (χ2v) is 6.84. The van der Waals surface area contributed by atoms with E-state index in [4.69, 9.17) is 0 Å². The van der Waals surface area contributed by atoms with Gasteiger partial charge in [0, 0.05) is 19.0 Å². The first-order valence-corrected chi connectivity index (χ1v) is 7.63. The van der Waals surface area contributed by atoms with E-state index < -0.39 is 0 Å². The van der Waals surface area contributed by atoms with E-state index in [1.165, 1.54) is 38.9 Å². The molecule has 1 atom stereocenters. The van der Waals surface area contributed by atoms with Gasteiger partial charge in [-0.05, 0) is 55.9 Å². The van der Waals surface area contributed by atoms with Gasteiger partial charge in [0.05, 0.1) is 0 Å². The summed E-state index contributed by atoms with van der Waals surface area (Å²) < 4.78 is 0. The normalized spacial score (nSPS) is 25.7. The van der Waals surface area contributed by atoms with Crippen LogP contribution in [0.2, 0.25) is 0 Å². The average molecular weight is 258 g/mol. The summed E-state index contributed by atoms with van der Waals surface area (Å²) in [6.07, 6.45) is 3.93. The summed E-state index contributed by atoms with van der Waals surface area (Å²) in [6.45, 7) is 7.29.